The predicted molar refractivity (Wildman–Crippen MR) is 203 cm³/mol. The maximum Gasteiger partial charge on any atom is 0.220 e. The molecule has 0 aromatic carbocycles. The molecule has 0 aromatic heterocycles. The second kappa shape index (κ2) is 32.8. The van der Waals surface area contributed by atoms with Gasteiger partial charge in [-0.05, 0) is 12.8 Å². The summed E-state index contributed by atoms with van der Waals surface area (Å²) in [5.74, 6) is -0.143. The third-order valence-corrected chi connectivity index (χ3v) is 10.5. The fourth-order valence-corrected chi connectivity index (χ4v) is 6.98. The Balaban J connectivity index is 2.37. The number of carbonyl (C=O) groups excluding carboxylic acids is 1. The van der Waals surface area contributed by atoms with Gasteiger partial charge in [0.2, 0.25) is 5.91 Å². The average molecular weight is 716 g/mol. The van der Waals surface area contributed by atoms with E-state index in [9.17, 15) is 30.3 Å². The van der Waals surface area contributed by atoms with Crippen molar-refractivity contribution in [3.05, 3.63) is 0 Å². The first-order valence-corrected chi connectivity index (χ1v) is 21.2. The Labute approximate surface area is 306 Å². The topological polar surface area (TPSA) is 149 Å². The van der Waals surface area contributed by atoms with Gasteiger partial charge < -0.3 is 40.3 Å². The van der Waals surface area contributed by atoms with E-state index < -0.39 is 49.5 Å². The third-order valence-electron chi connectivity index (χ3n) is 10.5. The number of hydrogen-bond acceptors (Lipinski definition) is 8. The minimum absolute atomic E-state index is 0.132. The molecule has 0 aliphatic carbocycles. The van der Waals surface area contributed by atoms with E-state index in [4.69, 9.17) is 9.47 Å². The Kier molecular flexibility index (Phi) is 31.0. The van der Waals surface area contributed by atoms with Crippen molar-refractivity contribution in [2.24, 2.45) is 0 Å². The van der Waals surface area contributed by atoms with E-state index in [0.717, 1.165) is 38.5 Å². The lowest BCUT2D eigenvalue weighted by Gasteiger charge is -2.40. The van der Waals surface area contributed by atoms with Gasteiger partial charge >= 0.3 is 0 Å². The molecular weight excluding hydrogens is 634 g/mol. The second-order valence-electron chi connectivity index (χ2n) is 15.1. The van der Waals surface area contributed by atoms with Gasteiger partial charge in [0.1, 0.15) is 24.4 Å². The number of amides is 1. The summed E-state index contributed by atoms with van der Waals surface area (Å²) in [6.45, 7) is 3.83. The number of unbranched alkanes of at least 4 members (excludes halogenated alkanes) is 25. The maximum atomic E-state index is 12.9. The van der Waals surface area contributed by atoms with Gasteiger partial charge in [0.15, 0.2) is 6.29 Å². The lowest BCUT2D eigenvalue weighted by Crippen LogP contribution is -2.60. The number of nitrogens with one attached hydrogen (secondary N) is 1. The van der Waals surface area contributed by atoms with E-state index in [0.29, 0.717) is 12.8 Å². The summed E-state index contributed by atoms with van der Waals surface area (Å²) in [7, 11) is 0. The second-order valence-corrected chi connectivity index (χ2v) is 15.1. The van der Waals surface area contributed by atoms with Gasteiger partial charge in [0.05, 0.1) is 25.4 Å². The number of aliphatic hydroxyl groups excluding tert-OH is 5. The highest BCUT2D eigenvalue weighted by Crippen LogP contribution is 2.23. The smallest absolute Gasteiger partial charge is 0.220 e. The standard InChI is InChI=1S/C41H81NO8/c1-3-5-7-9-11-13-15-17-19-21-23-25-27-29-31-37(45)42-34(33-49-41-40(48)39(47)38(46)36(32-43)50-41)35(44)30-28-26-24-22-20-18-16-14-12-10-8-6-4-2/h34-36,38-41,43-44,46-48H,3-33H2,1-2H3,(H,42,45)/t34-,35+,36+,38+,39?,40?,41+/m0/s1. The Bertz CT molecular complexity index is 756. The summed E-state index contributed by atoms with van der Waals surface area (Å²) in [4.78, 5) is 12.9. The van der Waals surface area contributed by atoms with E-state index in [2.05, 4.69) is 19.2 Å². The molecule has 9 heteroatoms. The number of aliphatic hydroxyl groups is 5. The van der Waals surface area contributed by atoms with Crippen LogP contribution in [0.3, 0.4) is 0 Å². The predicted octanol–water partition coefficient (Wildman–Crippen LogP) is 8.00. The van der Waals surface area contributed by atoms with Crippen LogP contribution in [0.1, 0.15) is 200 Å². The van der Waals surface area contributed by atoms with Gasteiger partial charge in [-0.15, -0.1) is 0 Å². The minimum atomic E-state index is -1.55. The molecular formula is C41H81NO8. The van der Waals surface area contributed by atoms with E-state index in [-0.39, 0.29) is 12.5 Å². The van der Waals surface area contributed by atoms with Crippen molar-refractivity contribution in [2.75, 3.05) is 13.2 Å². The molecule has 2 unspecified atom stereocenters. The summed E-state index contributed by atoms with van der Waals surface area (Å²) in [5.41, 5.74) is 0. The zero-order valence-corrected chi connectivity index (χ0v) is 32.4. The van der Waals surface area contributed by atoms with Crippen LogP contribution < -0.4 is 5.32 Å². The van der Waals surface area contributed by atoms with E-state index in [1.807, 2.05) is 0 Å². The fourth-order valence-electron chi connectivity index (χ4n) is 6.98. The number of carbonyl (C=O) groups is 1. The Hall–Kier alpha value is -0.810. The van der Waals surface area contributed by atoms with Crippen LogP contribution in [0, 0.1) is 0 Å². The quantitative estimate of drug-likeness (QED) is 0.0362. The van der Waals surface area contributed by atoms with Crippen LogP contribution in [0.4, 0.5) is 0 Å². The van der Waals surface area contributed by atoms with Crippen LogP contribution in [0.5, 0.6) is 0 Å². The molecule has 7 atom stereocenters. The van der Waals surface area contributed by atoms with Gasteiger partial charge in [-0.3, -0.25) is 4.79 Å². The van der Waals surface area contributed by atoms with Crippen molar-refractivity contribution < 1.29 is 39.8 Å². The number of rotatable bonds is 35. The molecule has 0 bridgehead atoms. The highest BCUT2D eigenvalue weighted by Gasteiger charge is 2.44. The maximum absolute atomic E-state index is 12.9. The molecule has 50 heavy (non-hydrogen) atoms. The van der Waals surface area contributed by atoms with Crippen LogP contribution in [-0.4, -0.2) is 87.5 Å². The molecule has 1 saturated heterocycles. The summed E-state index contributed by atoms with van der Waals surface area (Å²) in [5, 5.41) is 54.2. The van der Waals surface area contributed by atoms with Crippen molar-refractivity contribution in [3.63, 3.8) is 0 Å². The highest BCUT2D eigenvalue weighted by molar-refractivity contribution is 5.76. The summed E-state index contributed by atoms with van der Waals surface area (Å²) < 4.78 is 11.2. The molecule has 1 aliphatic heterocycles. The van der Waals surface area contributed by atoms with Crippen LogP contribution in [-0.2, 0) is 14.3 Å². The molecule has 0 saturated carbocycles. The highest BCUT2D eigenvalue weighted by atomic mass is 16.7. The van der Waals surface area contributed by atoms with Crippen LogP contribution in [0.2, 0.25) is 0 Å². The molecule has 298 valence electrons. The van der Waals surface area contributed by atoms with Crippen LogP contribution >= 0.6 is 0 Å². The molecule has 1 aliphatic rings. The molecule has 9 nitrogen and oxygen atoms in total. The minimum Gasteiger partial charge on any atom is -0.394 e. The van der Waals surface area contributed by atoms with Crippen LogP contribution in [0.15, 0.2) is 0 Å². The average Bonchev–Trinajstić information content (AvgIpc) is 3.11. The lowest BCUT2D eigenvalue weighted by atomic mass is 9.99. The van der Waals surface area contributed by atoms with Crippen molar-refractivity contribution in [1.29, 1.82) is 0 Å². The summed E-state index contributed by atoms with van der Waals surface area (Å²) in [6, 6.07) is -0.709. The normalized spacial score (nSPS) is 22.1. The molecule has 1 fully saturated rings. The SMILES string of the molecule is CCCCCCCCCCCCCCCCC(=O)N[C@@H](CO[C@@H]1O[C@H](CO)[C@@H](O)C(O)C1O)[C@H](O)CCCCCCCCCCCCCCC. The molecule has 1 amide bonds. The monoisotopic (exact) mass is 716 g/mol. The molecule has 6 N–H and O–H groups in total. The summed E-state index contributed by atoms with van der Waals surface area (Å²) >= 11 is 0. The first-order chi connectivity index (χ1) is 24.3. The largest absolute Gasteiger partial charge is 0.394 e. The first kappa shape index (κ1) is 47.2. The third kappa shape index (κ3) is 23.7. The fraction of sp³-hybridized carbons (Fsp3) is 0.976. The van der Waals surface area contributed by atoms with Gasteiger partial charge in [-0.25, -0.2) is 0 Å². The van der Waals surface area contributed by atoms with E-state index >= 15 is 0 Å². The van der Waals surface area contributed by atoms with Gasteiger partial charge in [-0.1, -0.05) is 181 Å². The number of ether oxygens (including phenoxy) is 2. The Morgan fingerprint density at radius 2 is 1.00 bits per heavy atom. The summed E-state index contributed by atoms with van der Waals surface area (Å²) in [6.07, 6.45) is 26.7. The Morgan fingerprint density at radius 3 is 1.42 bits per heavy atom. The lowest BCUT2D eigenvalue weighted by molar-refractivity contribution is -0.302. The molecule has 0 spiro atoms. The van der Waals surface area contributed by atoms with Gasteiger partial charge in [-0.2, -0.15) is 0 Å². The zero-order valence-electron chi connectivity index (χ0n) is 32.4. The van der Waals surface area contributed by atoms with E-state index in [1.165, 1.54) is 135 Å². The molecule has 1 rings (SSSR count). The van der Waals surface area contributed by atoms with Crippen molar-refractivity contribution in [1.82, 2.24) is 5.32 Å². The first-order valence-electron chi connectivity index (χ1n) is 21.2. The zero-order chi connectivity index (χ0) is 36.7. The van der Waals surface area contributed by atoms with Crippen molar-refractivity contribution in [2.45, 2.75) is 243 Å². The molecule has 1 heterocycles. The van der Waals surface area contributed by atoms with Gasteiger partial charge in [0, 0.05) is 6.42 Å². The number of hydrogen-bond donors (Lipinski definition) is 6. The van der Waals surface area contributed by atoms with Crippen molar-refractivity contribution >= 4 is 5.91 Å². The van der Waals surface area contributed by atoms with Gasteiger partial charge in [0.25, 0.3) is 0 Å². The molecule has 0 radical (unpaired) electrons. The molecule has 0 aromatic rings. The van der Waals surface area contributed by atoms with E-state index in [1.54, 1.807) is 0 Å². The van der Waals surface area contributed by atoms with Crippen LogP contribution in [0.25, 0.3) is 0 Å². The Morgan fingerprint density at radius 1 is 0.600 bits per heavy atom. The van der Waals surface area contributed by atoms with Crippen molar-refractivity contribution in [3.8, 4) is 0 Å².